The molecule has 2 aliphatic heterocycles. The lowest BCUT2D eigenvalue weighted by Gasteiger charge is -2.30. The molecule has 1 fully saturated rings. The Morgan fingerprint density at radius 1 is 1.25 bits per heavy atom. The summed E-state index contributed by atoms with van der Waals surface area (Å²) in [5.41, 5.74) is 9.84. The molecular weight excluding hydrogens is 298 g/mol. The molecule has 3 atom stereocenters. The fraction of sp³-hybridized carbons (Fsp3) is 0.579. The van der Waals surface area contributed by atoms with Gasteiger partial charge in [-0.1, -0.05) is 24.3 Å². The van der Waals surface area contributed by atoms with Gasteiger partial charge in [-0.05, 0) is 51.3 Å². The van der Waals surface area contributed by atoms with Crippen molar-refractivity contribution in [2.75, 3.05) is 27.2 Å². The number of fused-ring (bicyclic) bond motifs is 3. The molecule has 0 aromatic heterocycles. The summed E-state index contributed by atoms with van der Waals surface area (Å²) in [4.78, 5) is 14.2. The Kier molecular flexibility index (Phi) is 4.14. The number of amidine groups is 1. The quantitative estimate of drug-likeness (QED) is 0.801. The number of likely N-dealkylation sites (N-methyl/N-ethyl adjacent to an activating group) is 1. The lowest BCUT2D eigenvalue weighted by atomic mass is 9.85. The van der Waals surface area contributed by atoms with Crippen LogP contribution in [0, 0.1) is 5.92 Å². The van der Waals surface area contributed by atoms with Gasteiger partial charge in [-0.25, -0.2) is 9.98 Å². The standard InChI is InChI=1S/C19H27N5/c1-23(2)14-10-11-24(12-14)18-16-9-5-7-13-6-3-4-8-15(13)17(16)21-19(20)22-18/h3-4,8-9,13-14,19H,5-7,10-12,20H2,1-2H3/t13?,14-,19?/m1/s1. The molecule has 0 aromatic rings. The predicted molar refractivity (Wildman–Crippen MR) is 99.2 cm³/mol. The molecule has 0 radical (unpaired) electrons. The van der Waals surface area contributed by atoms with E-state index in [0.717, 1.165) is 37.5 Å². The Hall–Kier alpha value is -1.72. The molecule has 2 heterocycles. The fourth-order valence-corrected chi connectivity index (χ4v) is 4.21. The molecule has 1 saturated heterocycles. The minimum Gasteiger partial charge on any atom is -0.355 e. The molecule has 4 aliphatic rings. The number of nitrogens with two attached hydrogens (primary N) is 1. The van der Waals surface area contributed by atoms with Gasteiger partial charge in [0.2, 0.25) is 0 Å². The highest BCUT2D eigenvalue weighted by Crippen LogP contribution is 2.34. The smallest absolute Gasteiger partial charge is 0.194 e. The zero-order valence-corrected chi connectivity index (χ0v) is 14.7. The Morgan fingerprint density at radius 2 is 2.12 bits per heavy atom. The maximum atomic E-state index is 6.18. The Morgan fingerprint density at radius 3 is 2.92 bits per heavy atom. The van der Waals surface area contributed by atoms with Crippen LogP contribution in [0.1, 0.15) is 25.7 Å². The van der Waals surface area contributed by atoms with Crippen LogP contribution in [0.4, 0.5) is 0 Å². The minimum atomic E-state index is -0.476. The molecule has 5 heteroatoms. The molecule has 0 spiro atoms. The molecule has 0 amide bonds. The highest BCUT2D eigenvalue weighted by Gasteiger charge is 2.35. The lowest BCUT2D eigenvalue weighted by Crippen LogP contribution is -2.41. The zero-order valence-electron chi connectivity index (χ0n) is 14.7. The summed E-state index contributed by atoms with van der Waals surface area (Å²) in [7, 11) is 4.31. The van der Waals surface area contributed by atoms with Gasteiger partial charge in [0.05, 0.1) is 5.71 Å². The van der Waals surface area contributed by atoms with E-state index < -0.39 is 6.29 Å². The van der Waals surface area contributed by atoms with Crippen molar-refractivity contribution in [2.45, 2.75) is 38.0 Å². The van der Waals surface area contributed by atoms with E-state index in [1.165, 1.54) is 24.0 Å². The first kappa shape index (κ1) is 15.8. The summed E-state index contributed by atoms with van der Waals surface area (Å²) < 4.78 is 0. The Balaban J connectivity index is 1.66. The van der Waals surface area contributed by atoms with Gasteiger partial charge in [-0.3, -0.25) is 5.73 Å². The van der Waals surface area contributed by atoms with E-state index in [-0.39, 0.29) is 0 Å². The van der Waals surface area contributed by atoms with Gasteiger partial charge in [0.15, 0.2) is 6.29 Å². The average Bonchev–Trinajstić information content (AvgIpc) is 2.99. The van der Waals surface area contributed by atoms with E-state index >= 15 is 0 Å². The van der Waals surface area contributed by atoms with Crippen LogP contribution in [-0.2, 0) is 0 Å². The second kappa shape index (κ2) is 6.30. The molecule has 2 aliphatic carbocycles. The summed E-state index contributed by atoms with van der Waals surface area (Å²) in [5.74, 6) is 1.63. The molecule has 2 unspecified atom stereocenters. The summed E-state index contributed by atoms with van der Waals surface area (Å²) in [6, 6.07) is 0.585. The molecule has 5 nitrogen and oxygen atoms in total. The SMILES string of the molecule is CN(C)[C@@H]1CCN(C2=NC(N)N=C3C2=CCCC2CC=CC=C32)C1. The van der Waals surface area contributed by atoms with Crippen LogP contribution < -0.4 is 5.73 Å². The molecule has 128 valence electrons. The third-order valence-electron chi connectivity index (χ3n) is 5.61. The fourth-order valence-electron chi connectivity index (χ4n) is 4.21. The van der Waals surface area contributed by atoms with Crippen molar-refractivity contribution in [1.29, 1.82) is 0 Å². The molecule has 0 aromatic carbocycles. The van der Waals surface area contributed by atoms with Gasteiger partial charge in [-0.2, -0.15) is 0 Å². The first-order chi connectivity index (χ1) is 11.6. The van der Waals surface area contributed by atoms with Crippen LogP contribution in [0.2, 0.25) is 0 Å². The number of likely N-dealkylation sites (tertiary alicyclic amines) is 1. The van der Waals surface area contributed by atoms with E-state index in [2.05, 4.69) is 48.2 Å². The van der Waals surface area contributed by atoms with Crippen molar-refractivity contribution >= 4 is 11.5 Å². The van der Waals surface area contributed by atoms with Crippen molar-refractivity contribution in [3.63, 3.8) is 0 Å². The van der Waals surface area contributed by atoms with Crippen LogP contribution in [0.15, 0.2) is 45.4 Å². The number of rotatable bonds is 1. The van der Waals surface area contributed by atoms with E-state index in [1.54, 1.807) is 0 Å². The van der Waals surface area contributed by atoms with Gasteiger partial charge >= 0.3 is 0 Å². The van der Waals surface area contributed by atoms with Crippen molar-refractivity contribution in [1.82, 2.24) is 9.80 Å². The van der Waals surface area contributed by atoms with Crippen molar-refractivity contribution in [3.05, 3.63) is 35.5 Å². The first-order valence-corrected chi connectivity index (χ1v) is 9.04. The van der Waals surface area contributed by atoms with Crippen LogP contribution in [-0.4, -0.2) is 60.9 Å². The van der Waals surface area contributed by atoms with E-state index in [1.807, 2.05) is 0 Å². The molecule has 0 saturated carbocycles. The zero-order chi connectivity index (χ0) is 16.7. The van der Waals surface area contributed by atoms with Crippen LogP contribution in [0.3, 0.4) is 0 Å². The number of aliphatic imine (C=N–C) groups is 2. The molecule has 24 heavy (non-hydrogen) atoms. The number of allylic oxidation sites excluding steroid dienone is 5. The topological polar surface area (TPSA) is 57.2 Å². The van der Waals surface area contributed by atoms with Gasteiger partial charge in [0.25, 0.3) is 0 Å². The van der Waals surface area contributed by atoms with Crippen LogP contribution in [0.25, 0.3) is 0 Å². The first-order valence-electron chi connectivity index (χ1n) is 9.04. The second-order valence-corrected chi connectivity index (χ2v) is 7.37. The predicted octanol–water partition coefficient (Wildman–Crippen LogP) is 1.94. The molecule has 2 N–H and O–H groups in total. The maximum Gasteiger partial charge on any atom is 0.194 e. The van der Waals surface area contributed by atoms with E-state index in [9.17, 15) is 0 Å². The van der Waals surface area contributed by atoms with Gasteiger partial charge in [0, 0.05) is 24.7 Å². The highest BCUT2D eigenvalue weighted by molar-refractivity contribution is 6.30. The van der Waals surface area contributed by atoms with Crippen molar-refractivity contribution < 1.29 is 0 Å². The summed E-state index contributed by atoms with van der Waals surface area (Å²) in [6.45, 7) is 2.06. The normalized spacial score (nSPS) is 32.5. The average molecular weight is 325 g/mol. The molecule has 4 rings (SSSR count). The van der Waals surface area contributed by atoms with Crippen LogP contribution >= 0.6 is 0 Å². The van der Waals surface area contributed by atoms with E-state index in [4.69, 9.17) is 15.7 Å². The van der Waals surface area contributed by atoms with E-state index in [0.29, 0.717) is 12.0 Å². The maximum absolute atomic E-state index is 6.18. The minimum absolute atomic E-state index is 0.476. The monoisotopic (exact) mass is 325 g/mol. The summed E-state index contributed by atoms with van der Waals surface area (Å²) in [6.07, 6.45) is 13.1. The second-order valence-electron chi connectivity index (χ2n) is 7.37. The molecule has 0 bridgehead atoms. The lowest BCUT2D eigenvalue weighted by molar-refractivity contribution is 0.301. The third-order valence-corrected chi connectivity index (χ3v) is 5.61. The van der Waals surface area contributed by atoms with Gasteiger partial charge in [0.1, 0.15) is 5.84 Å². The Labute approximate surface area is 144 Å². The summed E-state index contributed by atoms with van der Waals surface area (Å²) in [5, 5.41) is 0. The largest absolute Gasteiger partial charge is 0.355 e. The van der Waals surface area contributed by atoms with Crippen molar-refractivity contribution in [3.8, 4) is 0 Å². The number of hydrogen-bond donors (Lipinski definition) is 1. The van der Waals surface area contributed by atoms with Gasteiger partial charge in [-0.15, -0.1) is 0 Å². The van der Waals surface area contributed by atoms with Crippen molar-refractivity contribution in [2.24, 2.45) is 21.6 Å². The number of nitrogens with zero attached hydrogens (tertiary/aromatic N) is 4. The Bertz CT molecular complexity index is 667. The third kappa shape index (κ3) is 2.76. The highest BCUT2D eigenvalue weighted by atomic mass is 15.3. The number of hydrogen-bond acceptors (Lipinski definition) is 5. The molecular formula is C19H27N5. The van der Waals surface area contributed by atoms with Gasteiger partial charge < -0.3 is 9.80 Å². The summed E-state index contributed by atoms with van der Waals surface area (Å²) >= 11 is 0. The van der Waals surface area contributed by atoms with Crippen LogP contribution in [0.5, 0.6) is 0 Å².